The van der Waals surface area contributed by atoms with E-state index in [0.717, 1.165) is 45.6 Å². The van der Waals surface area contributed by atoms with Gasteiger partial charge in [-0.15, -0.1) is 0 Å². The number of carbonyl (C=O) groups is 1. The number of aromatic nitrogens is 1. The predicted molar refractivity (Wildman–Crippen MR) is 89.9 cm³/mol. The van der Waals surface area contributed by atoms with E-state index in [-0.39, 0.29) is 17.5 Å². The smallest absolute Gasteiger partial charge is 0.287 e. The van der Waals surface area contributed by atoms with E-state index in [1.165, 1.54) is 12.3 Å². The van der Waals surface area contributed by atoms with Gasteiger partial charge in [-0.25, -0.2) is 4.98 Å². The van der Waals surface area contributed by atoms with Gasteiger partial charge in [0.1, 0.15) is 12.0 Å². The first-order valence-electron chi connectivity index (χ1n) is 8.37. The summed E-state index contributed by atoms with van der Waals surface area (Å²) in [6.07, 6.45) is 3.11. The number of anilines is 1. The second kappa shape index (κ2) is 7.12. The minimum Gasteiger partial charge on any atom is -0.356 e. The Balaban J connectivity index is 1.63. The number of hydrogen-bond acceptors (Lipinski definition) is 6. The molecular weight excluding hydrogens is 310 g/mol. The lowest BCUT2D eigenvalue weighted by Crippen LogP contribution is -2.51. The second-order valence-electron chi connectivity index (χ2n) is 6.55. The van der Waals surface area contributed by atoms with Gasteiger partial charge in [-0.3, -0.25) is 14.9 Å². The van der Waals surface area contributed by atoms with Crippen molar-refractivity contribution in [3.05, 3.63) is 28.4 Å². The molecule has 3 heterocycles. The van der Waals surface area contributed by atoms with Crippen LogP contribution in [0.25, 0.3) is 0 Å². The van der Waals surface area contributed by atoms with Crippen molar-refractivity contribution < 1.29 is 9.72 Å². The predicted octanol–water partition coefficient (Wildman–Crippen LogP) is 0.980. The molecule has 8 heteroatoms. The largest absolute Gasteiger partial charge is 0.356 e. The number of hydrogen-bond donors (Lipinski definition) is 0. The molecule has 0 aliphatic carbocycles. The summed E-state index contributed by atoms with van der Waals surface area (Å²) in [5.74, 6) is 0.922. The summed E-state index contributed by atoms with van der Waals surface area (Å²) < 4.78 is 0. The molecular formula is C16H23N5O3. The Hall–Kier alpha value is -2.22. The van der Waals surface area contributed by atoms with Crippen LogP contribution in [0.1, 0.15) is 12.8 Å². The Labute approximate surface area is 141 Å². The highest BCUT2D eigenvalue weighted by Crippen LogP contribution is 2.24. The third-order valence-corrected chi connectivity index (χ3v) is 4.85. The van der Waals surface area contributed by atoms with Gasteiger partial charge in [0.2, 0.25) is 5.91 Å². The summed E-state index contributed by atoms with van der Waals surface area (Å²) in [7, 11) is 2.07. The first-order valence-corrected chi connectivity index (χ1v) is 8.37. The lowest BCUT2D eigenvalue weighted by atomic mass is 9.96. The van der Waals surface area contributed by atoms with Crippen molar-refractivity contribution in [3.63, 3.8) is 0 Å². The molecule has 2 aliphatic heterocycles. The average Bonchev–Trinajstić information content (AvgIpc) is 2.62. The van der Waals surface area contributed by atoms with Gasteiger partial charge in [0, 0.05) is 45.3 Å². The standard InChI is InChI=1S/C16H23N5O3/c1-18-7-9-19(10-8-18)16(22)13-3-2-6-20(12-13)15-5-4-14(11-17-15)21(23)24/h4-5,11,13H,2-3,6-10,12H2,1H3/t13-/m0/s1. The van der Waals surface area contributed by atoms with Crippen molar-refractivity contribution >= 4 is 17.4 Å². The number of nitrogens with zero attached hydrogens (tertiary/aromatic N) is 5. The summed E-state index contributed by atoms with van der Waals surface area (Å²) >= 11 is 0. The molecule has 2 saturated heterocycles. The van der Waals surface area contributed by atoms with E-state index in [0.29, 0.717) is 12.4 Å². The molecule has 3 rings (SSSR count). The fourth-order valence-corrected chi connectivity index (χ4v) is 3.35. The van der Waals surface area contributed by atoms with Gasteiger partial charge in [-0.1, -0.05) is 0 Å². The van der Waals surface area contributed by atoms with E-state index in [9.17, 15) is 14.9 Å². The van der Waals surface area contributed by atoms with Crippen LogP contribution in [0.3, 0.4) is 0 Å². The minimum absolute atomic E-state index is 0.0131. The van der Waals surface area contributed by atoms with Crippen LogP contribution >= 0.6 is 0 Å². The van der Waals surface area contributed by atoms with Crippen molar-refractivity contribution in [2.75, 3.05) is 51.2 Å². The van der Waals surface area contributed by atoms with Crippen molar-refractivity contribution in [3.8, 4) is 0 Å². The number of nitro groups is 1. The maximum absolute atomic E-state index is 12.8. The van der Waals surface area contributed by atoms with Gasteiger partial charge in [0.05, 0.1) is 10.8 Å². The molecule has 0 unspecified atom stereocenters. The Bertz CT molecular complexity index is 598. The summed E-state index contributed by atoms with van der Waals surface area (Å²) in [6, 6.07) is 3.13. The van der Waals surface area contributed by atoms with Crippen LogP contribution in [0.15, 0.2) is 18.3 Å². The molecule has 2 aliphatic rings. The van der Waals surface area contributed by atoms with E-state index in [1.54, 1.807) is 6.07 Å². The zero-order valence-electron chi connectivity index (χ0n) is 13.9. The highest BCUT2D eigenvalue weighted by Gasteiger charge is 2.31. The van der Waals surface area contributed by atoms with Crippen LogP contribution in [0.5, 0.6) is 0 Å². The number of amides is 1. The molecule has 1 atom stereocenters. The van der Waals surface area contributed by atoms with E-state index < -0.39 is 4.92 Å². The van der Waals surface area contributed by atoms with E-state index in [4.69, 9.17) is 0 Å². The molecule has 8 nitrogen and oxygen atoms in total. The normalized spacial score (nSPS) is 22.5. The molecule has 24 heavy (non-hydrogen) atoms. The summed E-state index contributed by atoms with van der Waals surface area (Å²) in [5, 5.41) is 10.7. The summed E-state index contributed by atoms with van der Waals surface area (Å²) in [5.41, 5.74) is -0.0131. The van der Waals surface area contributed by atoms with Crippen LogP contribution < -0.4 is 4.90 Å². The molecule has 1 aromatic heterocycles. The summed E-state index contributed by atoms with van der Waals surface area (Å²) in [4.78, 5) is 33.5. The molecule has 0 saturated carbocycles. The van der Waals surface area contributed by atoms with Crippen LogP contribution in [-0.4, -0.2) is 71.9 Å². The number of likely N-dealkylation sites (N-methyl/N-ethyl adjacent to an activating group) is 1. The SMILES string of the molecule is CN1CCN(C(=O)[C@H]2CCCN(c3ccc([N+](=O)[O-])cn3)C2)CC1. The molecule has 0 aromatic carbocycles. The van der Waals surface area contributed by atoms with Gasteiger partial charge in [-0.05, 0) is 26.0 Å². The van der Waals surface area contributed by atoms with Crippen LogP contribution in [0.2, 0.25) is 0 Å². The van der Waals surface area contributed by atoms with Crippen molar-refractivity contribution in [1.29, 1.82) is 0 Å². The van der Waals surface area contributed by atoms with Crippen LogP contribution in [0, 0.1) is 16.0 Å². The average molecular weight is 333 g/mol. The third-order valence-electron chi connectivity index (χ3n) is 4.85. The monoisotopic (exact) mass is 333 g/mol. The Morgan fingerprint density at radius 3 is 2.62 bits per heavy atom. The molecule has 0 radical (unpaired) electrons. The molecule has 1 aromatic rings. The van der Waals surface area contributed by atoms with E-state index in [2.05, 4.69) is 21.8 Å². The molecule has 0 bridgehead atoms. The van der Waals surface area contributed by atoms with Gasteiger partial charge in [0.15, 0.2) is 0 Å². The van der Waals surface area contributed by atoms with Gasteiger partial charge in [0.25, 0.3) is 5.69 Å². The fraction of sp³-hybridized carbons (Fsp3) is 0.625. The zero-order chi connectivity index (χ0) is 17.1. The maximum Gasteiger partial charge on any atom is 0.287 e. The number of pyridine rings is 1. The quantitative estimate of drug-likeness (QED) is 0.606. The van der Waals surface area contributed by atoms with Crippen LogP contribution in [0.4, 0.5) is 11.5 Å². The van der Waals surface area contributed by atoms with E-state index in [1.807, 2.05) is 4.90 Å². The van der Waals surface area contributed by atoms with Crippen molar-refractivity contribution in [1.82, 2.24) is 14.8 Å². The Kier molecular flexibility index (Phi) is 4.94. The zero-order valence-corrected chi connectivity index (χ0v) is 13.9. The highest BCUT2D eigenvalue weighted by atomic mass is 16.6. The first-order chi connectivity index (χ1) is 11.5. The Morgan fingerprint density at radius 1 is 1.25 bits per heavy atom. The number of piperidine rings is 1. The van der Waals surface area contributed by atoms with Gasteiger partial charge >= 0.3 is 0 Å². The molecule has 2 fully saturated rings. The first kappa shape index (κ1) is 16.6. The molecule has 1 amide bonds. The maximum atomic E-state index is 12.8. The summed E-state index contributed by atoms with van der Waals surface area (Å²) in [6.45, 7) is 4.90. The lowest BCUT2D eigenvalue weighted by Gasteiger charge is -2.38. The third kappa shape index (κ3) is 3.64. The molecule has 0 N–H and O–H groups in total. The number of piperazine rings is 1. The topological polar surface area (TPSA) is 82.8 Å². The second-order valence-corrected chi connectivity index (χ2v) is 6.55. The van der Waals surface area contributed by atoms with Crippen LogP contribution in [-0.2, 0) is 4.79 Å². The minimum atomic E-state index is -0.452. The fourth-order valence-electron chi connectivity index (χ4n) is 3.35. The van der Waals surface area contributed by atoms with E-state index >= 15 is 0 Å². The van der Waals surface area contributed by atoms with Crippen molar-refractivity contribution in [2.24, 2.45) is 5.92 Å². The molecule has 0 spiro atoms. The van der Waals surface area contributed by atoms with Gasteiger partial charge in [-0.2, -0.15) is 0 Å². The number of carbonyl (C=O) groups excluding carboxylic acids is 1. The Morgan fingerprint density at radius 2 is 2.00 bits per heavy atom. The van der Waals surface area contributed by atoms with Gasteiger partial charge < -0.3 is 14.7 Å². The molecule has 130 valence electrons. The highest BCUT2D eigenvalue weighted by molar-refractivity contribution is 5.80. The lowest BCUT2D eigenvalue weighted by molar-refractivity contribution is -0.385. The number of rotatable bonds is 3. The van der Waals surface area contributed by atoms with Crippen molar-refractivity contribution in [2.45, 2.75) is 12.8 Å².